The second-order valence-electron chi connectivity index (χ2n) is 16.8. The number of phosphoric acid groups is 1. The van der Waals surface area contributed by atoms with E-state index < -0.39 is 26.5 Å². The quantitative estimate of drug-likeness (QED) is 0.0213. The predicted molar refractivity (Wildman–Crippen MR) is 243 cm³/mol. The summed E-state index contributed by atoms with van der Waals surface area (Å²) < 4.78 is 34.3. The van der Waals surface area contributed by atoms with Gasteiger partial charge < -0.3 is 18.9 Å². The molecular formula is C48H89NO8P+. The molecule has 0 aromatic carbocycles. The molecule has 338 valence electrons. The molecule has 2 unspecified atom stereocenters. The number of phosphoric ester groups is 1. The third kappa shape index (κ3) is 43.5. The molecule has 0 saturated heterocycles. The summed E-state index contributed by atoms with van der Waals surface area (Å²) in [7, 11) is 1.46. The Morgan fingerprint density at radius 2 is 0.983 bits per heavy atom. The Labute approximate surface area is 356 Å². The van der Waals surface area contributed by atoms with Crippen LogP contribution in [-0.4, -0.2) is 74.9 Å². The number of quaternary nitrogens is 1. The van der Waals surface area contributed by atoms with Gasteiger partial charge in [0.25, 0.3) is 0 Å². The Bertz CT molecular complexity index is 1130. The first-order chi connectivity index (χ1) is 28.0. The van der Waals surface area contributed by atoms with Crippen LogP contribution in [0.3, 0.4) is 0 Å². The number of carbonyl (C=O) groups is 2. The van der Waals surface area contributed by atoms with Gasteiger partial charge in [-0.1, -0.05) is 159 Å². The topological polar surface area (TPSA) is 108 Å². The van der Waals surface area contributed by atoms with Crippen molar-refractivity contribution in [3.05, 3.63) is 48.6 Å². The van der Waals surface area contributed by atoms with Gasteiger partial charge in [0.2, 0.25) is 0 Å². The lowest BCUT2D eigenvalue weighted by atomic mass is 10.1. The van der Waals surface area contributed by atoms with E-state index in [-0.39, 0.29) is 32.0 Å². The second-order valence-corrected chi connectivity index (χ2v) is 18.2. The Balaban J connectivity index is 4.32. The van der Waals surface area contributed by atoms with E-state index in [0.29, 0.717) is 17.4 Å². The summed E-state index contributed by atoms with van der Waals surface area (Å²) in [5.41, 5.74) is 0. The van der Waals surface area contributed by atoms with Gasteiger partial charge in [-0.3, -0.25) is 18.6 Å². The Morgan fingerprint density at radius 3 is 1.48 bits per heavy atom. The summed E-state index contributed by atoms with van der Waals surface area (Å²) in [6.07, 6.45) is 47.3. The number of rotatable bonds is 42. The van der Waals surface area contributed by atoms with Crippen LogP contribution in [0.1, 0.15) is 194 Å². The summed E-state index contributed by atoms with van der Waals surface area (Å²) in [5, 5.41) is 0. The fraction of sp³-hybridized carbons (Fsp3) is 0.792. The van der Waals surface area contributed by atoms with Crippen molar-refractivity contribution in [3.63, 3.8) is 0 Å². The highest BCUT2D eigenvalue weighted by atomic mass is 31.2. The Kier molecular flexibility index (Phi) is 39.0. The van der Waals surface area contributed by atoms with Crippen LogP contribution in [0.15, 0.2) is 48.6 Å². The predicted octanol–water partition coefficient (Wildman–Crippen LogP) is 13.5. The molecule has 0 spiro atoms. The average molecular weight is 839 g/mol. The van der Waals surface area contributed by atoms with E-state index in [4.69, 9.17) is 18.5 Å². The van der Waals surface area contributed by atoms with Crippen LogP contribution >= 0.6 is 7.82 Å². The zero-order valence-electron chi connectivity index (χ0n) is 38.0. The molecular weight excluding hydrogens is 750 g/mol. The van der Waals surface area contributed by atoms with Gasteiger partial charge in [0.1, 0.15) is 19.8 Å². The Morgan fingerprint density at radius 1 is 0.552 bits per heavy atom. The standard InChI is InChI=1S/C48H88NO8P/c1-6-8-10-12-14-16-18-20-22-23-24-25-27-28-30-32-34-36-38-40-47(50)54-44-46(45-56-58(52,53)55-43-42-49(3,4)5)57-48(51)41-39-37-35-33-31-29-26-21-19-17-15-13-11-9-7-2/h9,11,15,17,20-22,26,46H,6-8,10,12-14,16,18-19,23-25,27-45H2,1-5H3/p+1/b11-9-,17-15-,22-20-,26-21-. The van der Waals surface area contributed by atoms with Crippen LogP contribution < -0.4 is 0 Å². The zero-order valence-corrected chi connectivity index (χ0v) is 38.9. The van der Waals surface area contributed by atoms with Crippen LogP contribution in [0.4, 0.5) is 0 Å². The van der Waals surface area contributed by atoms with E-state index in [1.807, 2.05) is 21.1 Å². The van der Waals surface area contributed by atoms with Crippen LogP contribution in [0.2, 0.25) is 0 Å². The number of nitrogens with zero attached hydrogens (tertiary/aromatic N) is 1. The molecule has 0 amide bonds. The minimum absolute atomic E-state index is 0.0266. The molecule has 0 radical (unpaired) electrons. The molecule has 0 bridgehead atoms. The van der Waals surface area contributed by atoms with Crippen molar-refractivity contribution < 1.29 is 42.1 Å². The summed E-state index contributed by atoms with van der Waals surface area (Å²) >= 11 is 0. The summed E-state index contributed by atoms with van der Waals surface area (Å²) in [5.74, 6) is -0.820. The van der Waals surface area contributed by atoms with Gasteiger partial charge >= 0.3 is 19.8 Å². The molecule has 0 fully saturated rings. The van der Waals surface area contributed by atoms with Gasteiger partial charge in [0, 0.05) is 12.8 Å². The molecule has 0 aliphatic carbocycles. The van der Waals surface area contributed by atoms with Gasteiger partial charge in [-0.15, -0.1) is 0 Å². The van der Waals surface area contributed by atoms with Crippen molar-refractivity contribution in [3.8, 4) is 0 Å². The first kappa shape index (κ1) is 56.0. The van der Waals surface area contributed by atoms with Gasteiger partial charge in [0.15, 0.2) is 6.10 Å². The van der Waals surface area contributed by atoms with E-state index >= 15 is 0 Å². The first-order valence-corrected chi connectivity index (χ1v) is 24.9. The highest BCUT2D eigenvalue weighted by molar-refractivity contribution is 7.47. The maximum atomic E-state index is 12.7. The number of esters is 2. The summed E-state index contributed by atoms with van der Waals surface area (Å²) in [4.78, 5) is 35.4. The monoisotopic (exact) mass is 839 g/mol. The number of allylic oxidation sites excluding steroid dienone is 8. The van der Waals surface area contributed by atoms with Crippen molar-refractivity contribution in [2.24, 2.45) is 0 Å². The average Bonchev–Trinajstić information content (AvgIpc) is 3.17. The van der Waals surface area contributed by atoms with E-state index in [1.165, 1.54) is 89.9 Å². The first-order valence-electron chi connectivity index (χ1n) is 23.4. The van der Waals surface area contributed by atoms with Gasteiger partial charge in [-0.05, 0) is 70.6 Å². The fourth-order valence-electron chi connectivity index (χ4n) is 6.20. The third-order valence-electron chi connectivity index (χ3n) is 9.84. The van der Waals surface area contributed by atoms with Gasteiger partial charge in [-0.25, -0.2) is 4.57 Å². The molecule has 0 aliphatic rings. The minimum atomic E-state index is -4.38. The van der Waals surface area contributed by atoms with Crippen molar-refractivity contribution in [2.45, 2.75) is 200 Å². The summed E-state index contributed by atoms with van der Waals surface area (Å²) in [6.45, 7) is 4.29. The smallest absolute Gasteiger partial charge is 0.462 e. The van der Waals surface area contributed by atoms with Crippen molar-refractivity contribution in [2.75, 3.05) is 47.5 Å². The zero-order chi connectivity index (χ0) is 42.8. The van der Waals surface area contributed by atoms with E-state index in [1.54, 1.807) is 0 Å². The van der Waals surface area contributed by atoms with Crippen molar-refractivity contribution in [1.82, 2.24) is 0 Å². The largest absolute Gasteiger partial charge is 0.472 e. The SMILES string of the molecule is CC/C=C\C/C=C\C/C=C\CCCCCCCC(=O)OC(COC(=O)CCCCCCCCCCC/C=C\CCCCCCCC)COP(=O)(O)OCC[N+](C)(C)C. The molecule has 0 saturated carbocycles. The molecule has 9 nitrogen and oxygen atoms in total. The molecule has 10 heteroatoms. The number of hydrogen-bond acceptors (Lipinski definition) is 7. The molecule has 0 aromatic rings. The number of carbonyl (C=O) groups excluding carboxylic acids is 2. The van der Waals surface area contributed by atoms with Crippen LogP contribution in [0, 0.1) is 0 Å². The highest BCUT2D eigenvalue weighted by Gasteiger charge is 2.27. The second kappa shape index (κ2) is 40.4. The molecule has 0 aliphatic heterocycles. The number of ether oxygens (including phenoxy) is 2. The molecule has 58 heavy (non-hydrogen) atoms. The highest BCUT2D eigenvalue weighted by Crippen LogP contribution is 2.43. The lowest BCUT2D eigenvalue weighted by Gasteiger charge is -2.24. The third-order valence-corrected chi connectivity index (χ3v) is 10.8. The van der Waals surface area contributed by atoms with Crippen molar-refractivity contribution >= 4 is 19.8 Å². The fourth-order valence-corrected chi connectivity index (χ4v) is 6.94. The lowest BCUT2D eigenvalue weighted by molar-refractivity contribution is -0.870. The maximum absolute atomic E-state index is 12.7. The molecule has 1 N–H and O–H groups in total. The van der Waals surface area contributed by atoms with Gasteiger partial charge in [0.05, 0.1) is 27.7 Å². The molecule has 0 heterocycles. The van der Waals surface area contributed by atoms with Crippen LogP contribution in [0.25, 0.3) is 0 Å². The van der Waals surface area contributed by atoms with Gasteiger partial charge in [-0.2, -0.15) is 0 Å². The number of unbranched alkanes of at least 4 members (excludes halogenated alkanes) is 20. The number of likely N-dealkylation sites (N-methyl/N-ethyl adjacent to an activating group) is 1. The Hall–Kier alpha value is -2.03. The molecule has 0 rings (SSSR count). The van der Waals surface area contributed by atoms with Crippen LogP contribution in [0.5, 0.6) is 0 Å². The summed E-state index contributed by atoms with van der Waals surface area (Å²) in [6, 6.07) is 0. The van der Waals surface area contributed by atoms with E-state index in [2.05, 4.69) is 62.5 Å². The lowest BCUT2D eigenvalue weighted by Crippen LogP contribution is -2.37. The maximum Gasteiger partial charge on any atom is 0.472 e. The molecule has 2 atom stereocenters. The minimum Gasteiger partial charge on any atom is -0.462 e. The molecule has 0 aromatic heterocycles. The normalized spacial score (nSPS) is 14.0. The van der Waals surface area contributed by atoms with E-state index in [0.717, 1.165) is 70.6 Å². The van der Waals surface area contributed by atoms with Crippen LogP contribution in [-0.2, 0) is 32.7 Å². The van der Waals surface area contributed by atoms with Crippen molar-refractivity contribution in [1.29, 1.82) is 0 Å². The number of hydrogen-bond donors (Lipinski definition) is 1. The van der Waals surface area contributed by atoms with E-state index in [9.17, 15) is 19.0 Å².